The second-order valence-corrected chi connectivity index (χ2v) is 5.27. The Morgan fingerprint density at radius 1 is 1.29 bits per heavy atom. The van der Waals surface area contributed by atoms with Crippen molar-refractivity contribution in [3.63, 3.8) is 0 Å². The predicted octanol–water partition coefficient (Wildman–Crippen LogP) is 1.45. The molecule has 8 heteroatoms. The van der Waals surface area contributed by atoms with Crippen LogP contribution in [0.5, 0.6) is 0 Å². The van der Waals surface area contributed by atoms with Gasteiger partial charge >= 0.3 is 5.97 Å². The first kappa shape index (κ1) is 15.2. The zero-order chi connectivity index (χ0) is 15.4. The van der Waals surface area contributed by atoms with Crippen LogP contribution in [-0.2, 0) is 14.4 Å². The van der Waals surface area contributed by atoms with Gasteiger partial charge in [-0.05, 0) is 24.3 Å². The number of rotatable bonds is 4. The molecule has 1 aromatic carbocycles. The number of carbonyl (C=O) groups is 3. The molecule has 0 bridgehead atoms. The number of nitrogens with zero attached hydrogens (tertiary/aromatic N) is 2. The van der Waals surface area contributed by atoms with Gasteiger partial charge in [-0.1, -0.05) is 15.9 Å². The van der Waals surface area contributed by atoms with Gasteiger partial charge in [-0.2, -0.15) is 5.10 Å². The van der Waals surface area contributed by atoms with Crippen molar-refractivity contribution in [1.29, 1.82) is 0 Å². The predicted molar refractivity (Wildman–Crippen MR) is 78.8 cm³/mol. The lowest BCUT2D eigenvalue weighted by atomic mass is 10.2. The fourth-order valence-corrected chi connectivity index (χ4v) is 2.01. The van der Waals surface area contributed by atoms with Gasteiger partial charge in [0.15, 0.2) is 0 Å². The number of benzene rings is 1. The van der Waals surface area contributed by atoms with Crippen molar-refractivity contribution in [3.05, 3.63) is 28.7 Å². The summed E-state index contributed by atoms with van der Waals surface area (Å²) in [4.78, 5) is 34.3. The van der Waals surface area contributed by atoms with E-state index in [-0.39, 0.29) is 31.0 Å². The van der Waals surface area contributed by atoms with E-state index in [2.05, 4.69) is 26.3 Å². The number of hydrazone groups is 1. The van der Waals surface area contributed by atoms with Crippen LogP contribution in [0.1, 0.15) is 12.8 Å². The molecule has 1 aromatic rings. The standard InChI is InChI=1S/C13H12BrN3O4/c14-8-1-3-9(4-2-8)15-11(18)7-17-12(19)6-5-10(16-17)13(20)21/h1-4H,5-7H2,(H,15,18)(H,20,21). The summed E-state index contributed by atoms with van der Waals surface area (Å²) in [6.45, 7) is -0.314. The molecule has 0 atom stereocenters. The minimum Gasteiger partial charge on any atom is -0.477 e. The Bertz CT molecular complexity index is 612. The van der Waals surface area contributed by atoms with E-state index in [1.165, 1.54) is 0 Å². The van der Waals surface area contributed by atoms with E-state index in [1.807, 2.05) is 0 Å². The topological polar surface area (TPSA) is 99.1 Å². The van der Waals surface area contributed by atoms with Crippen molar-refractivity contribution in [2.45, 2.75) is 12.8 Å². The summed E-state index contributed by atoms with van der Waals surface area (Å²) in [6, 6.07) is 6.93. The molecule has 0 unspecified atom stereocenters. The molecule has 0 saturated heterocycles. The first-order chi connectivity index (χ1) is 9.95. The summed E-state index contributed by atoms with van der Waals surface area (Å²) in [5.74, 6) is -1.99. The van der Waals surface area contributed by atoms with Crippen molar-refractivity contribution < 1.29 is 19.5 Å². The monoisotopic (exact) mass is 353 g/mol. The number of amides is 2. The van der Waals surface area contributed by atoms with Crippen LogP contribution in [0, 0.1) is 0 Å². The Labute approximate surface area is 128 Å². The number of halogens is 1. The molecule has 1 heterocycles. The van der Waals surface area contributed by atoms with E-state index in [9.17, 15) is 14.4 Å². The first-order valence-corrected chi connectivity index (χ1v) is 6.91. The van der Waals surface area contributed by atoms with E-state index in [0.29, 0.717) is 5.69 Å². The Morgan fingerprint density at radius 2 is 1.95 bits per heavy atom. The van der Waals surface area contributed by atoms with E-state index in [4.69, 9.17) is 5.11 Å². The number of carboxylic acids is 1. The quantitative estimate of drug-likeness (QED) is 0.855. The van der Waals surface area contributed by atoms with Gasteiger partial charge in [-0.3, -0.25) is 9.59 Å². The normalized spacial score (nSPS) is 14.6. The third kappa shape index (κ3) is 4.12. The smallest absolute Gasteiger partial charge is 0.352 e. The lowest BCUT2D eigenvalue weighted by molar-refractivity contribution is -0.136. The molecule has 110 valence electrons. The van der Waals surface area contributed by atoms with Gasteiger partial charge in [0, 0.05) is 23.0 Å². The van der Waals surface area contributed by atoms with Gasteiger partial charge in [0.05, 0.1) is 0 Å². The first-order valence-electron chi connectivity index (χ1n) is 6.12. The highest BCUT2D eigenvalue weighted by molar-refractivity contribution is 9.10. The van der Waals surface area contributed by atoms with Crippen LogP contribution in [0.25, 0.3) is 0 Å². The maximum Gasteiger partial charge on any atom is 0.352 e. The number of carbonyl (C=O) groups excluding carboxylic acids is 2. The van der Waals surface area contributed by atoms with Crippen molar-refractivity contribution in [2.75, 3.05) is 11.9 Å². The Balaban J connectivity index is 2.01. The maximum absolute atomic E-state index is 11.9. The molecule has 1 aliphatic rings. The molecule has 2 rings (SSSR count). The fourth-order valence-electron chi connectivity index (χ4n) is 1.75. The number of anilines is 1. The molecule has 0 aromatic heterocycles. The summed E-state index contributed by atoms with van der Waals surface area (Å²) >= 11 is 3.28. The SMILES string of the molecule is O=C(CN1N=C(C(=O)O)CCC1=O)Nc1ccc(Br)cc1. The van der Waals surface area contributed by atoms with Gasteiger partial charge in [-0.15, -0.1) is 0 Å². The summed E-state index contributed by atoms with van der Waals surface area (Å²) in [5.41, 5.74) is 0.459. The van der Waals surface area contributed by atoms with Crippen LogP contribution in [0.15, 0.2) is 33.8 Å². The minimum atomic E-state index is -1.18. The maximum atomic E-state index is 11.9. The van der Waals surface area contributed by atoms with Gasteiger partial charge in [0.25, 0.3) is 0 Å². The number of hydrogen-bond donors (Lipinski definition) is 2. The third-order valence-electron chi connectivity index (χ3n) is 2.77. The molecular weight excluding hydrogens is 342 g/mol. The lowest BCUT2D eigenvalue weighted by Gasteiger charge is -2.21. The fraction of sp³-hybridized carbons (Fsp3) is 0.231. The highest BCUT2D eigenvalue weighted by Gasteiger charge is 2.25. The summed E-state index contributed by atoms with van der Waals surface area (Å²) in [5, 5.41) is 16.1. The molecule has 2 N–H and O–H groups in total. The Kier molecular flexibility index (Phi) is 4.69. The Hall–Kier alpha value is -2.22. The van der Waals surface area contributed by atoms with Gasteiger partial charge < -0.3 is 10.4 Å². The molecule has 0 saturated carbocycles. The van der Waals surface area contributed by atoms with E-state index in [0.717, 1.165) is 9.48 Å². The van der Waals surface area contributed by atoms with Gasteiger partial charge in [0.1, 0.15) is 12.3 Å². The highest BCUT2D eigenvalue weighted by Crippen LogP contribution is 2.14. The van der Waals surface area contributed by atoms with E-state index in [1.54, 1.807) is 24.3 Å². The molecule has 0 aliphatic carbocycles. The number of nitrogens with one attached hydrogen (secondary N) is 1. The van der Waals surface area contributed by atoms with Gasteiger partial charge in [0.2, 0.25) is 11.8 Å². The zero-order valence-electron chi connectivity index (χ0n) is 10.9. The van der Waals surface area contributed by atoms with Crippen molar-refractivity contribution in [2.24, 2.45) is 5.10 Å². The van der Waals surface area contributed by atoms with Crippen LogP contribution < -0.4 is 5.32 Å². The van der Waals surface area contributed by atoms with E-state index < -0.39 is 11.9 Å². The molecule has 1 aliphatic heterocycles. The zero-order valence-corrected chi connectivity index (χ0v) is 12.5. The molecule has 0 radical (unpaired) electrons. The van der Waals surface area contributed by atoms with Crippen LogP contribution in [0.2, 0.25) is 0 Å². The summed E-state index contributed by atoms with van der Waals surface area (Å²) in [6.07, 6.45) is 0.121. The highest BCUT2D eigenvalue weighted by atomic mass is 79.9. The second kappa shape index (κ2) is 6.49. The van der Waals surface area contributed by atoms with Crippen LogP contribution in [-0.4, -0.2) is 40.2 Å². The molecule has 2 amide bonds. The average molecular weight is 354 g/mol. The number of carboxylic acid groups (broad SMARTS) is 1. The molecule has 0 fully saturated rings. The lowest BCUT2D eigenvalue weighted by Crippen LogP contribution is -2.39. The largest absolute Gasteiger partial charge is 0.477 e. The molecular formula is C13H12BrN3O4. The minimum absolute atomic E-state index is 0.0384. The van der Waals surface area contributed by atoms with Crippen molar-refractivity contribution in [1.82, 2.24) is 5.01 Å². The third-order valence-corrected chi connectivity index (χ3v) is 3.30. The number of aliphatic carboxylic acids is 1. The van der Waals surface area contributed by atoms with Gasteiger partial charge in [-0.25, -0.2) is 9.80 Å². The molecule has 0 spiro atoms. The van der Waals surface area contributed by atoms with E-state index >= 15 is 0 Å². The average Bonchev–Trinajstić information content (AvgIpc) is 2.43. The van der Waals surface area contributed by atoms with Crippen molar-refractivity contribution >= 4 is 45.1 Å². The Morgan fingerprint density at radius 3 is 2.57 bits per heavy atom. The number of hydrogen-bond acceptors (Lipinski definition) is 4. The summed E-state index contributed by atoms with van der Waals surface area (Å²) < 4.78 is 0.877. The van der Waals surface area contributed by atoms with Crippen LogP contribution in [0.4, 0.5) is 5.69 Å². The summed E-state index contributed by atoms with van der Waals surface area (Å²) in [7, 11) is 0. The van der Waals surface area contributed by atoms with Crippen molar-refractivity contribution in [3.8, 4) is 0 Å². The van der Waals surface area contributed by atoms with Crippen LogP contribution in [0.3, 0.4) is 0 Å². The second-order valence-electron chi connectivity index (χ2n) is 4.36. The molecule has 21 heavy (non-hydrogen) atoms. The molecule has 7 nitrogen and oxygen atoms in total. The van der Waals surface area contributed by atoms with Crippen LogP contribution >= 0.6 is 15.9 Å².